The summed E-state index contributed by atoms with van der Waals surface area (Å²) in [6.07, 6.45) is 1.55. The molecule has 7 nitrogen and oxygen atoms in total. The minimum absolute atomic E-state index is 0.00498. The van der Waals surface area contributed by atoms with Crippen LogP contribution in [0.2, 0.25) is 15.1 Å². The number of carbonyl (C=O) groups is 2. The Morgan fingerprint density at radius 1 is 0.975 bits per heavy atom. The van der Waals surface area contributed by atoms with Gasteiger partial charge in [0.15, 0.2) is 0 Å². The van der Waals surface area contributed by atoms with Crippen molar-refractivity contribution >= 4 is 58.1 Å². The molecule has 2 aliphatic rings. The van der Waals surface area contributed by atoms with Gasteiger partial charge in [0.1, 0.15) is 23.5 Å². The van der Waals surface area contributed by atoms with Crippen molar-refractivity contribution in [1.82, 2.24) is 0 Å². The van der Waals surface area contributed by atoms with Crippen LogP contribution in [0.1, 0.15) is 30.4 Å². The highest BCUT2D eigenvalue weighted by Crippen LogP contribution is 2.43. The number of hydrogen-bond donors (Lipinski definition) is 1. The number of halogens is 3. The van der Waals surface area contributed by atoms with Crippen LogP contribution in [-0.4, -0.2) is 43.8 Å². The van der Waals surface area contributed by atoms with E-state index in [9.17, 15) is 14.7 Å². The summed E-state index contributed by atoms with van der Waals surface area (Å²) in [6, 6.07) is 16.3. The largest absolute Gasteiger partial charge is 0.497 e. The smallest absolute Gasteiger partial charge is 0.313 e. The molecule has 0 atom stereocenters. The van der Waals surface area contributed by atoms with E-state index in [1.807, 2.05) is 30.3 Å². The molecule has 10 heteroatoms. The third-order valence-corrected chi connectivity index (χ3v) is 8.62. The molecule has 2 aliphatic heterocycles. The van der Waals surface area contributed by atoms with Gasteiger partial charge in [-0.25, -0.2) is 0 Å². The molecule has 0 bridgehead atoms. The Bertz CT molecular complexity index is 1420. The molecule has 0 unspecified atom stereocenters. The lowest BCUT2D eigenvalue weighted by Crippen LogP contribution is -2.48. The number of benzene rings is 3. The number of methoxy groups -OCH3 is 1. The van der Waals surface area contributed by atoms with Crippen molar-refractivity contribution in [3.63, 3.8) is 0 Å². The predicted molar refractivity (Wildman–Crippen MR) is 157 cm³/mol. The fraction of sp³-hybridized carbons (Fsp3) is 0.333. The lowest BCUT2D eigenvalue weighted by molar-refractivity contribution is -0.152. The summed E-state index contributed by atoms with van der Waals surface area (Å²) in [5.74, 6) is 0.360. The first-order valence-corrected chi connectivity index (χ1v) is 14.1. The monoisotopic (exact) mass is 602 g/mol. The number of ether oxygens (including phenoxy) is 2. The van der Waals surface area contributed by atoms with E-state index in [2.05, 4.69) is 4.90 Å². The van der Waals surface area contributed by atoms with E-state index in [1.165, 1.54) is 0 Å². The van der Waals surface area contributed by atoms with Gasteiger partial charge >= 0.3 is 5.97 Å². The van der Waals surface area contributed by atoms with E-state index in [4.69, 9.17) is 44.3 Å². The van der Waals surface area contributed by atoms with Crippen molar-refractivity contribution in [2.45, 2.75) is 32.2 Å². The number of piperidine rings is 1. The number of amides is 1. The summed E-state index contributed by atoms with van der Waals surface area (Å²) in [6.45, 7) is 1.38. The van der Waals surface area contributed by atoms with Crippen LogP contribution in [0.15, 0.2) is 54.6 Å². The molecule has 0 saturated carbocycles. The second-order valence-corrected chi connectivity index (χ2v) is 11.4. The van der Waals surface area contributed by atoms with Crippen molar-refractivity contribution in [2.24, 2.45) is 5.41 Å². The number of hydrogen-bond acceptors (Lipinski definition) is 5. The quantitative estimate of drug-likeness (QED) is 0.302. The van der Waals surface area contributed by atoms with Gasteiger partial charge in [-0.1, -0.05) is 46.9 Å². The highest BCUT2D eigenvalue weighted by molar-refractivity contribution is 6.36. The van der Waals surface area contributed by atoms with Gasteiger partial charge in [-0.15, -0.1) is 0 Å². The van der Waals surface area contributed by atoms with Crippen LogP contribution in [0.4, 0.5) is 11.4 Å². The Balaban J connectivity index is 1.34. The van der Waals surface area contributed by atoms with Crippen LogP contribution < -0.4 is 19.3 Å². The van der Waals surface area contributed by atoms with E-state index < -0.39 is 11.4 Å². The van der Waals surface area contributed by atoms with E-state index in [0.29, 0.717) is 71.8 Å². The summed E-state index contributed by atoms with van der Waals surface area (Å²) in [5, 5.41) is 11.8. The number of carboxylic acids is 1. The number of aliphatic carboxylic acids is 1. The van der Waals surface area contributed by atoms with Crippen molar-refractivity contribution < 1.29 is 24.2 Å². The Morgan fingerprint density at radius 2 is 1.70 bits per heavy atom. The third-order valence-electron chi connectivity index (χ3n) is 7.78. The molecule has 5 rings (SSSR count). The average molecular weight is 604 g/mol. The lowest BCUT2D eigenvalue weighted by atomic mass is 9.79. The number of nitrogens with zero attached hydrogens (tertiary/aromatic N) is 2. The van der Waals surface area contributed by atoms with Gasteiger partial charge in [0.2, 0.25) is 5.91 Å². The third kappa shape index (κ3) is 5.69. The second kappa shape index (κ2) is 11.8. The van der Waals surface area contributed by atoms with E-state index >= 15 is 0 Å². The van der Waals surface area contributed by atoms with E-state index in [-0.39, 0.29) is 12.5 Å². The molecule has 0 radical (unpaired) electrons. The van der Waals surface area contributed by atoms with Crippen molar-refractivity contribution in [1.29, 1.82) is 0 Å². The van der Waals surface area contributed by atoms with Crippen LogP contribution in [0.3, 0.4) is 0 Å². The molecule has 0 aliphatic carbocycles. The maximum absolute atomic E-state index is 13.0. The standard InChI is InChI=1S/C30H29Cl3N2O5/c1-39-21-5-2-19(3-6-21)17-35-27(36)11-7-22-26(10-8-23(32)28(22)35)40-18-30(29(37)38)12-14-34(15-13-30)25-9-4-20(31)16-24(25)33/h2-6,8-10,16H,7,11-15,17-18H2,1H3,(H,37,38). The molecule has 1 amide bonds. The van der Waals surface area contributed by atoms with Crippen molar-refractivity contribution in [3.8, 4) is 11.5 Å². The zero-order valence-electron chi connectivity index (χ0n) is 22.0. The molecule has 0 spiro atoms. The van der Waals surface area contributed by atoms with Gasteiger partial charge in [-0.2, -0.15) is 0 Å². The highest BCUT2D eigenvalue weighted by Gasteiger charge is 2.43. The first kappa shape index (κ1) is 28.4. The number of rotatable bonds is 8. The molecule has 3 aromatic rings. The van der Waals surface area contributed by atoms with Gasteiger partial charge in [0.25, 0.3) is 0 Å². The Morgan fingerprint density at radius 3 is 2.35 bits per heavy atom. The van der Waals surface area contributed by atoms with Crippen LogP contribution in [0, 0.1) is 5.41 Å². The Hall–Kier alpha value is -3.13. The summed E-state index contributed by atoms with van der Waals surface area (Å²) >= 11 is 19.1. The molecule has 1 fully saturated rings. The van der Waals surface area contributed by atoms with Crippen LogP contribution in [0.5, 0.6) is 11.5 Å². The molecule has 2 heterocycles. The van der Waals surface area contributed by atoms with Crippen LogP contribution in [-0.2, 0) is 22.6 Å². The van der Waals surface area contributed by atoms with Gasteiger partial charge in [0.05, 0.1) is 35.1 Å². The summed E-state index contributed by atoms with van der Waals surface area (Å²) in [4.78, 5) is 29.3. The second-order valence-electron chi connectivity index (χ2n) is 10.2. The number of fused-ring (bicyclic) bond motifs is 1. The van der Waals surface area contributed by atoms with Gasteiger partial charge in [-0.05, 0) is 67.3 Å². The van der Waals surface area contributed by atoms with E-state index in [0.717, 1.165) is 22.6 Å². The minimum atomic E-state index is -1.06. The fourth-order valence-electron chi connectivity index (χ4n) is 5.38. The molecule has 1 N–H and O–H groups in total. The van der Waals surface area contributed by atoms with Crippen molar-refractivity contribution in [3.05, 3.63) is 80.8 Å². The van der Waals surface area contributed by atoms with Gasteiger partial charge in [-0.3, -0.25) is 9.59 Å². The maximum atomic E-state index is 13.0. The average Bonchev–Trinajstić information content (AvgIpc) is 2.95. The number of carbonyl (C=O) groups excluding carboxylic acids is 1. The highest BCUT2D eigenvalue weighted by atomic mass is 35.5. The maximum Gasteiger partial charge on any atom is 0.313 e. The number of carboxylic acid groups (broad SMARTS) is 1. The lowest BCUT2D eigenvalue weighted by Gasteiger charge is -2.40. The summed E-state index contributed by atoms with van der Waals surface area (Å²) < 4.78 is 11.5. The molecular weight excluding hydrogens is 575 g/mol. The van der Waals surface area contributed by atoms with Gasteiger partial charge < -0.3 is 24.4 Å². The zero-order chi connectivity index (χ0) is 28.4. The summed E-state index contributed by atoms with van der Waals surface area (Å²) in [7, 11) is 1.60. The number of anilines is 2. The normalized spacial score (nSPS) is 16.4. The Labute approximate surface area is 248 Å². The topological polar surface area (TPSA) is 79.3 Å². The van der Waals surface area contributed by atoms with Crippen LogP contribution in [0.25, 0.3) is 0 Å². The molecular formula is C30H29Cl3N2O5. The van der Waals surface area contributed by atoms with Crippen LogP contribution >= 0.6 is 34.8 Å². The molecule has 210 valence electrons. The fourth-order valence-corrected chi connectivity index (χ4v) is 6.19. The SMILES string of the molecule is COc1ccc(CN2C(=O)CCc3c(OCC4(C(=O)O)CCN(c5ccc(Cl)cc5Cl)CC4)ccc(Cl)c32)cc1. The molecule has 3 aromatic carbocycles. The molecule has 1 saturated heterocycles. The zero-order valence-corrected chi connectivity index (χ0v) is 24.2. The van der Waals surface area contributed by atoms with E-state index in [1.54, 1.807) is 36.3 Å². The summed E-state index contributed by atoms with van der Waals surface area (Å²) in [5.41, 5.74) is 2.13. The first-order valence-electron chi connectivity index (χ1n) is 13.0. The van der Waals surface area contributed by atoms with Gasteiger partial charge in [0, 0.05) is 30.1 Å². The molecule has 0 aromatic heterocycles. The minimum Gasteiger partial charge on any atom is -0.497 e. The van der Waals surface area contributed by atoms with Crippen molar-refractivity contribution in [2.75, 3.05) is 36.6 Å². The molecule has 40 heavy (non-hydrogen) atoms. The first-order chi connectivity index (χ1) is 19.2. The predicted octanol–water partition coefficient (Wildman–Crippen LogP) is 6.89. The Kier molecular flexibility index (Phi) is 8.36.